The molecule has 3 rings (SSSR count). The Morgan fingerprint density at radius 2 is 2.29 bits per heavy atom. The third-order valence-electron chi connectivity index (χ3n) is 3.25. The average molecular weight is 247 g/mol. The van der Waals surface area contributed by atoms with Crippen LogP contribution in [0.5, 0.6) is 0 Å². The summed E-state index contributed by atoms with van der Waals surface area (Å²) in [4.78, 5) is 4.62. The third-order valence-corrected chi connectivity index (χ3v) is 4.21. The molecule has 1 fully saturated rings. The van der Waals surface area contributed by atoms with Gasteiger partial charge in [-0.25, -0.2) is 4.98 Å². The first-order valence-corrected chi connectivity index (χ1v) is 6.98. The first-order chi connectivity index (χ1) is 8.31. The minimum Gasteiger partial charge on any atom is -0.359 e. The normalized spacial score (nSPS) is 25.0. The summed E-state index contributed by atoms with van der Waals surface area (Å²) in [6.07, 6.45) is 2.36. The number of fused-ring (bicyclic) bond motifs is 1. The Bertz CT molecular complexity index is 475. The number of benzene rings is 1. The standard InChI is InChI=1S/C13H17N3S/c1-9-8-10(6-7-14-9)15-13-16-11-4-2-3-5-12(11)17-13/h2-5,9-10,14H,6-8H2,1H3,(H,15,16). The minimum absolute atomic E-state index is 0.562. The third kappa shape index (κ3) is 2.42. The van der Waals surface area contributed by atoms with Crippen molar-refractivity contribution >= 4 is 26.7 Å². The van der Waals surface area contributed by atoms with Crippen LogP contribution in [0.4, 0.5) is 5.13 Å². The number of para-hydroxylation sites is 1. The topological polar surface area (TPSA) is 37.0 Å². The van der Waals surface area contributed by atoms with Crippen LogP contribution in [0, 0.1) is 0 Å². The summed E-state index contributed by atoms with van der Waals surface area (Å²) in [6, 6.07) is 9.48. The van der Waals surface area contributed by atoms with Gasteiger partial charge < -0.3 is 10.6 Å². The zero-order chi connectivity index (χ0) is 11.7. The molecule has 2 N–H and O–H groups in total. The highest BCUT2D eigenvalue weighted by molar-refractivity contribution is 7.22. The van der Waals surface area contributed by atoms with Crippen molar-refractivity contribution in [2.75, 3.05) is 11.9 Å². The van der Waals surface area contributed by atoms with Crippen LogP contribution in [-0.2, 0) is 0 Å². The molecule has 2 unspecified atom stereocenters. The van der Waals surface area contributed by atoms with E-state index < -0.39 is 0 Å². The second kappa shape index (κ2) is 4.63. The van der Waals surface area contributed by atoms with Gasteiger partial charge in [0.2, 0.25) is 0 Å². The predicted molar refractivity (Wildman–Crippen MR) is 73.7 cm³/mol. The van der Waals surface area contributed by atoms with Gasteiger partial charge in [0.25, 0.3) is 0 Å². The van der Waals surface area contributed by atoms with Crippen LogP contribution in [0.2, 0.25) is 0 Å². The monoisotopic (exact) mass is 247 g/mol. The zero-order valence-electron chi connectivity index (χ0n) is 9.94. The first kappa shape index (κ1) is 11.0. The zero-order valence-corrected chi connectivity index (χ0v) is 10.8. The molecule has 2 heterocycles. The molecular weight excluding hydrogens is 230 g/mol. The molecule has 0 aliphatic carbocycles. The number of anilines is 1. The van der Waals surface area contributed by atoms with Gasteiger partial charge in [-0.15, -0.1) is 0 Å². The van der Waals surface area contributed by atoms with E-state index in [0.29, 0.717) is 12.1 Å². The van der Waals surface area contributed by atoms with Gasteiger partial charge in [0.05, 0.1) is 10.2 Å². The van der Waals surface area contributed by atoms with E-state index in [0.717, 1.165) is 17.2 Å². The molecule has 1 saturated heterocycles. The fraction of sp³-hybridized carbons (Fsp3) is 0.462. The number of rotatable bonds is 2. The van der Waals surface area contributed by atoms with E-state index in [1.165, 1.54) is 17.5 Å². The van der Waals surface area contributed by atoms with E-state index in [-0.39, 0.29) is 0 Å². The van der Waals surface area contributed by atoms with Gasteiger partial charge in [-0.2, -0.15) is 0 Å². The summed E-state index contributed by atoms with van der Waals surface area (Å²) in [6.45, 7) is 3.34. The van der Waals surface area contributed by atoms with Gasteiger partial charge in [0.15, 0.2) is 5.13 Å². The minimum atomic E-state index is 0.562. The van der Waals surface area contributed by atoms with E-state index in [4.69, 9.17) is 0 Å². The molecule has 4 heteroatoms. The van der Waals surface area contributed by atoms with Crippen molar-refractivity contribution in [1.82, 2.24) is 10.3 Å². The summed E-state index contributed by atoms with van der Waals surface area (Å²) in [5.41, 5.74) is 1.10. The highest BCUT2D eigenvalue weighted by Crippen LogP contribution is 2.27. The molecular formula is C13H17N3S. The van der Waals surface area contributed by atoms with Crippen LogP contribution in [0.25, 0.3) is 10.2 Å². The second-order valence-electron chi connectivity index (χ2n) is 4.71. The molecule has 0 amide bonds. The van der Waals surface area contributed by atoms with Crippen molar-refractivity contribution in [1.29, 1.82) is 0 Å². The SMILES string of the molecule is CC1CC(Nc2nc3ccccc3s2)CCN1. The molecule has 1 aliphatic heterocycles. The second-order valence-corrected chi connectivity index (χ2v) is 5.74. The molecule has 0 spiro atoms. The summed E-state index contributed by atoms with van der Waals surface area (Å²) in [5.74, 6) is 0. The molecule has 2 atom stereocenters. The lowest BCUT2D eigenvalue weighted by Crippen LogP contribution is -2.41. The van der Waals surface area contributed by atoms with Crippen molar-refractivity contribution in [2.24, 2.45) is 0 Å². The molecule has 17 heavy (non-hydrogen) atoms. The van der Waals surface area contributed by atoms with Crippen LogP contribution in [0.15, 0.2) is 24.3 Å². The van der Waals surface area contributed by atoms with Crippen molar-refractivity contribution in [3.63, 3.8) is 0 Å². The average Bonchev–Trinajstić information content (AvgIpc) is 2.71. The number of hydrogen-bond donors (Lipinski definition) is 2. The Morgan fingerprint density at radius 3 is 3.12 bits per heavy atom. The lowest BCUT2D eigenvalue weighted by molar-refractivity contribution is 0.396. The molecule has 3 nitrogen and oxygen atoms in total. The first-order valence-electron chi connectivity index (χ1n) is 6.17. The van der Waals surface area contributed by atoms with E-state index in [1.807, 2.05) is 6.07 Å². The maximum absolute atomic E-state index is 4.62. The Hall–Kier alpha value is -1.13. The van der Waals surface area contributed by atoms with Gasteiger partial charge in [0, 0.05) is 12.1 Å². The fourth-order valence-electron chi connectivity index (χ4n) is 2.37. The molecule has 1 aliphatic rings. The number of nitrogens with one attached hydrogen (secondary N) is 2. The maximum Gasteiger partial charge on any atom is 0.184 e. The van der Waals surface area contributed by atoms with Crippen LogP contribution < -0.4 is 10.6 Å². The van der Waals surface area contributed by atoms with E-state index >= 15 is 0 Å². The summed E-state index contributed by atoms with van der Waals surface area (Å²) in [7, 11) is 0. The van der Waals surface area contributed by atoms with Crippen molar-refractivity contribution in [3.05, 3.63) is 24.3 Å². The van der Waals surface area contributed by atoms with Gasteiger partial charge >= 0.3 is 0 Å². The number of hydrogen-bond acceptors (Lipinski definition) is 4. The van der Waals surface area contributed by atoms with Crippen LogP contribution in [-0.4, -0.2) is 23.6 Å². The number of aromatic nitrogens is 1. The van der Waals surface area contributed by atoms with Crippen molar-refractivity contribution in [2.45, 2.75) is 31.8 Å². The van der Waals surface area contributed by atoms with E-state index in [9.17, 15) is 0 Å². The molecule has 1 aromatic heterocycles. The molecule has 1 aromatic carbocycles. The molecule has 0 bridgehead atoms. The van der Waals surface area contributed by atoms with Crippen LogP contribution in [0.1, 0.15) is 19.8 Å². The molecule has 2 aromatic rings. The van der Waals surface area contributed by atoms with Crippen LogP contribution in [0.3, 0.4) is 0 Å². The Labute approximate surface area is 105 Å². The van der Waals surface area contributed by atoms with E-state index in [2.05, 4.69) is 40.7 Å². The number of nitrogens with zero attached hydrogens (tertiary/aromatic N) is 1. The summed E-state index contributed by atoms with van der Waals surface area (Å²) < 4.78 is 1.26. The number of thiazole rings is 1. The fourth-order valence-corrected chi connectivity index (χ4v) is 3.31. The molecule has 90 valence electrons. The lowest BCUT2D eigenvalue weighted by atomic mass is 10.0. The maximum atomic E-state index is 4.62. The van der Waals surface area contributed by atoms with Gasteiger partial charge in [0.1, 0.15) is 0 Å². The van der Waals surface area contributed by atoms with Crippen molar-refractivity contribution < 1.29 is 0 Å². The smallest absolute Gasteiger partial charge is 0.184 e. The predicted octanol–water partition coefficient (Wildman–Crippen LogP) is 2.85. The van der Waals surface area contributed by atoms with Crippen LogP contribution >= 0.6 is 11.3 Å². The van der Waals surface area contributed by atoms with Crippen molar-refractivity contribution in [3.8, 4) is 0 Å². The van der Waals surface area contributed by atoms with Gasteiger partial charge in [-0.3, -0.25) is 0 Å². The number of piperidine rings is 1. The molecule has 0 radical (unpaired) electrons. The summed E-state index contributed by atoms with van der Waals surface area (Å²) in [5, 5.41) is 8.10. The highest BCUT2D eigenvalue weighted by Gasteiger charge is 2.18. The largest absolute Gasteiger partial charge is 0.359 e. The summed E-state index contributed by atoms with van der Waals surface area (Å²) >= 11 is 1.75. The van der Waals surface area contributed by atoms with E-state index in [1.54, 1.807) is 11.3 Å². The lowest BCUT2D eigenvalue weighted by Gasteiger charge is -2.28. The Balaban J connectivity index is 1.75. The van der Waals surface area contributed by atoms with Gasteiger partial charge in [-0.05, 0) is 38.4 Å². The Morgan fingerprint density at radius 1 is 1.41 bits per heavy atom. The Kier molecular flexibility index (Phi) is 2.99. The molecule has 0 saturated carbocycles. The highest BCUT2D eigenvalue weighted by atomic mass is 32.1. The van der Waals surface area contributed by atoms with Gasteiger partial charge in [-0.1, -0.05) is 23.5 Å². The quantitative estimate of drug-likeness (QED) is 0.857.